The predicted octanol–water partition coefficient (Wildman–Crippen LogP) is 2.50. The van der Waals surface area contributed by atoms with E-state index in [9.17, 15) is 9.59 Å². The first-order valence-electron chi connectivity index (χ1n) is 10.0. The normalized spacial score (nSPS) is 34.2. The van der Waals surface area contributed by atoms with Crippen molar-refractivity contribution < 1.29 is 14.3 Å². The van der Waals surface area contributed by atoms with E-state index in [1.165, 1.54) is 19.3 Å². The van der Waals surface area contributed by atoms with Gasteiger partial charge in [-0.3, -0.25) is 9.59 Å². The van der Waals surface area contributed by atoms with Crippen molar-refractivity contribution in [2.75, 3.05) is 20.3 Å². The minimum atomic E-state index is -0.442. The molecule has 0 aromatic carbocycles. The Morgan fingerprint density at radius 1 is 1.08 bits per heavy atom. The van der Waals surface area contributed by atoms with Gasteiger partial charge in [0, 0.05) is 25.7 Å². The maximum Gasteiger partial charge on any atom is 0.242 e. The monoisotopic (exact) mass is 350 g/mol. The van der Waals surface area contributed by atoms with Gasteiger partial charge >= 0.3 is 0 Å². The van der Waals surface area contributed by atoms with Crippen molar-refractivity contribution >= 4 is 11.8 Å². The third-order valence-electron chi connectivity index (χ3n) is 6.58. The standard InChI is InChI=1S/C20H34N2O3/c1-13(2)17(18(23)21-5-4-6-25-3)22-19(24)20-10-14-7-15(11-20)9-16(8-14)12-20/h13-17H,4-12H2,1-3H3,(H,21,23)(H,22,24). The predicted molar refractivity (Wildman–Crippen MR) is 96.9 cm³/mol. The van der Waals surface area contributed by atoms with Crippen LogP contribution in [0.3, 0.4) is 0 Å². The summed E-state index contributed by atoms with van der Waals surface area (Å²) in [6, 6.07) is -0.442. The van der Waals surface area contributed by atoms with Crippen molar-refractivity contribution in [2.24, 2.45) is 29.1 Å². The lowest BCUT2D eigenvalue weighted by molar-refractivity contribution is -0.149. The highest BCUT2D eigenvalue weighted by atomic mass is 16.5. The van der Waals surface area contributed by atoms with Gasteiger partial charge in [0.05, 0.1) is 0 Å². The Morgan fingerprint density at radius 2 is 1.64 bits per heavy atom. The summed E-state index contributed by atoms with van der Waals surface area (Å²) in [5, 5.41) is 6.08. The Hall–Kier alpha value is -1.10. The highest BCUT2D eigenvalue weighted by Gasteiger charge is 2.55. The number of hydrogen-bond acceptors (Lipinski definition) is 3. The number of ether oxygens (including phenoxy) is 1. The average molecular weight is 351 g/mol. The zero-order valence-corrected chi connectivity index (χ0v) is 16.0. The van der Waals surface area contributed by atoms with E-state index in [-0.39, 0.29) is 23.1 Å². The Balaban J connectivity index is 1.60. The zero-order valence-electron chi connectivity index (χ0n) is 16.0. The van der Waals surface area contributed by atoms with Crippen LogP contribution in [0, 0.1) is 29.1 Å². The van der Waals surface area contributed by atoms with Gasteiger partial charge in [0.1, 0.15) is 6.04 Å². The van der Waals surface area contributed by atoms with Crippen LogP contribution in [0.1, 0.15) is 58.8 Å². The number of methoxy groups -OCH3 is 1. The molecule has 4 fully saturated rings. The number of nitrogens with one attached hydrogen (secondary N) is 2. The molecule has 0 heterocycles. The van der Waals surface area contributed by atoms with E-state index in [0.29, 0.717) is 13.2 Å². The van der Waals surface area contributed by atoms with Gasteiger partial charge in [0.2, 0.25) is 11.8 Å². The van der Waals surface area contributed by atoms with Crippen molar-refractivity contribution in [1.29, 1.82) is 0 Å². The summed E-state index contributed by atoms with van der Waals surface area (Å²) in [5.74, 6) is 2.36. The third-order valence-corrected chi connectivity index (χ3v) is 6.58. The van der Waals surface area contributed by atoms with E-state index in [4.69, 9.17) is 4.74 Å². The molecule has 0 aliphatic heterocycles. The second-order valence-electron chi connectivity index (χ2n) is 9.03. The quantitative estimate of drug-likeness (QED) is 0.661. The number of hydrogen-bond donors (Lipinski definition) is 2. The van der Waals surface area contributed by atoms with Crippen LogP contribution in [0.5, 0.6) is 0 Å². The molecule has 4 bridgehead atoms. The first kappa shape index (κ1) is 18.7. The molecule has 5 heteroatoms. The van der Waals surface area contributed by atoms with Crippen molar-refractivity contribution in [3.05, 3.63) is 0 Å². The summed E-state index contributed by atoms with van der Waals surface area (Å²) in [6.07, 6.45) is 7.84. The first-order valence-corrected chi connectivity index (χ1v) is 10.0. The lowest BCUT2D eigenvalue weighted by atomic mass is 9.49. The molecule has 4 rings (SSSR count). The Labute approximate surface area is 151 Å². The molecule has 5 nitrogen and oxygen atoms in total. The zero-order chi connectivity index (χ0) is 18.0. The summed E-state index contributed by atoms with van der Waals surface area (Å²) in [5.41, 5.74) is -0.196. The molecule has 4 aliphatic rings. The van der Waals surface area contributed by atoms with Gasteiger partial charge in [-0.2, -0.15) is 0 Å². The van der Waals surface area contributed by atoms with Crippen molar-refractivity contribution in [3.63, 3.8) is 0 Å². The van der Waals surface area contributed by atoms with Crippen LogP contribution >= 0.6 is 0 Å². The molecule has 142 valence electrons. The fourth-order valence-corrected chi connectivity index (χ4v) is 5.76. The van der Waals surface area contributed by atoms with Crippen molar-refractivity contribution in [2.45, 2.75) is 64.8 Å². The van der Waals surface area contributed by atoms with Crippen LogP contribution in [0.25, 0.3) is 0 Å². The number of carbonyl (C=O) groups is 2. The summed E-state index contributed by atoms with van der Waals surface area (Å²) >= 11 is 0. The summed E-state index contributed by atoms with van der Waals surface area (Å²) in [7, 11) is 1.66. The van der Waals surface area contributed by atoms with E-state index in [1.54, 1.807) is 7.11 Å². The topological polar surface area (TPSA) is 67.4 Å². The van der Waals surface area contributed by atoms with Gasteiger partial charge in [-0.25, -0.2) is 0 Å². The second kappa shape index (κ2) is 7.65. The Kier molecular flexibility index (Phi) is 5.71. The van der Waals surface area contributed by atoms with E-state index >= 15 is 0 Å². The molecule has 1 unspecified atom stereocenters. The van der Waals surface area contributed by atoms with Gasteiger partial charge in [0.15, 0.2) is 0 Å². The smallest absolute Gasteiger partial charge is 0.242 e. The van der Waals surface area contributed by atoms with E-state index < -0.39 is 6.04 Å². The maximum atomic E-state index is 13.2. The fraction of sp³-hybridized carbons (Fsp3) is 0.900. The van der Waals surface area contributed by atoms with Gasteiger partial charge < -0.3 is 15.4 Å². The lowest BCUT2D eigenvalue weighted by Crippen LogP contribution is -2.58. The second-order valence-corrected chi connectivity index (χ2v) is 9.03. The molecular weight excluding hydrogens is 316 g/mol. The molecule has 0 aromatic heterocycles. The van der Waals surface area contributed by atoms with Crippen LogP contribution in [0.15, 0.2) is 0 Å². The number of amides is 2. The van der Waals surface area contributed by atoms with Crippen LogP contribution in [-0.2, 0) is 14.3 Å². The summed E-state index contributed by atoms with van der Waals surface area (Å²) in [6.45, 7) is 5.22. The Morgan fingerprint density at radius 3 is 2.12 bits per heavy atom. The van der Waals surface area contributed by atoms with Gasteiger partial charge in [-0.05, 0) is 68.6 Å². The molecule has 0 spiro atoms. The van der Waals surface area contributed by atoms with Gasteiger partial charge in [-0.1, -0.05) is 13.8 Å². The summed E-state index contributed by atoms with van der Waals surface area (Å²) in [4.78, 5) is 25.7. The average Bonchev–Trinajstić information content (AvgIpc) is 2.54. The largest absolute Gasteiger partial charge is 0.385 e. The fourth-order valence-electron chi connectivity index (χ4n) is 5.76. The van der Waals surface area contributed by atoms with E-state index in [1.807, 2.05) is 13.8 Å². The molecule has 0 radical (unpaired) electrons. The van der Waals surface area contributed by atoms with Crippen LogP contribution in [-0.4, -0.2) is 38.1 Å². The molecule has 0 aromatic rings. The van der Waals surface area contributed by atoms with Gasteiger partial charge in [-0.15, -0.1) is 0 Å². The van der Waals surface area contributed by atoms with Gasteiger partial charge in [0.25, 0.3) is 0 Å². The third kappa shape index (κ3) is 4.02. The molecule has 4 aliphatic carbocycles. The Bertz CT molecular complexity index is 468. The molecule has 2 amide bonds. The van der Waals surface area contributed by atoms with Crippen LogP contribution < -0.4 is 10.6 Å². The van der Waals surface area contributed by atoms with Crippen molar-refractivity contribution in [1.82, 2.24) is 10.6 Å². The molecule has 1 atom stereocenters. The minimum Gasteiger partial charge on any atom is -0.385 e. The van der Waals surface area contributed by atoms with Crippen LogP contribution in [0.4, 0.5) is 0 Å². The molecule has 25 heavy (non-hydrogen) atoms. The SMILES string of the molecule is COCCCNC(=O)C(NC(=O)C12CC3CC(CC(C3)C1)C2)C(C)C. The number of carbonyl (C=O) groups excluding carboxylic acids is 2. The lowest BCUT2D eigenvalue weighted by Gasteiger charge is -2.55. The van der Waals surface area contributed by atoms with Crippen molar-refractivity contribution in [3.8, 4) is 0 Å². The van der Waals surface area contributed by atoms with Crippen LogP contribution in [0.2, 0.25) is 0 Å². The number of rotatable bonds is 8. The van der Waals surface area contributed by atoms with E-state index in [2.05, 4.69) is 10.6 Å². The summed E-state index contributed by atoms with van der Waals surface area (Å²) < 4.78 is 5.01. The maximum absolute atomic E-state index is 13.2. The molecule has 2 N–H and O–H groups in total. The van der Waals surface area contributed by atoms with E-state index in [0.717, 1.165) is 43.4 Å². The highest BCUT2D eigenvalue weighted by molar-refractivity contribution is 5.90. The molecule has 4 saturated carbocycles. The minimum absolute atomic E-state index is 0.0656. The first-order chi connectivity index (χ1) is 11.9. The molecular formula is C20H34N2O3. The molecule has 0 saturated heterocycles. The highest BCUT2D eigenvalue weighted by Crippen LogP contribution is 2.60.